The number of benzene rings is 1. The highest BCUT2D eigenvalue weighted by Crippen LogP contribution is 2.20. The first-order chi connectivity index (χ1) is 9.78. The molecule has 0 fully saturated rings. The summed E-state index contributed by atoms with van der Waals surface area (Å²) in [5.41, 5.74) is 4.28. The molecule has 3 nitrogen and oxygen atoms in total. The third-order valence-electron chi connectivity index (χ3n) is 3.26. The molecule has 0 atom stereocenters. The first-order valence-corrected chi connectivity index (χ1v) is 6.67. The number of rotatable bonds is 3. The van der Waals surface area contributed by atoms with E-state index in [1.54, 1.807) is 0 Å². The van der Waals surface area contributed by atoms with Crippen molar-refractivity contribution in [2.75, 3.05) is 12.4 Å². The Balaban J connectivity index is 2.05. The van der Waals surface area contributed by atoms with Gasteiger partial charge >= 0.3 is 0 Å². The number of imidazole rings is 1. The summed E-state index contributed by atoms with van der Waals surface area (Å²) >= 11 is 0. The summed E-state index contributed by atoms with van der Waals surface area (Å²) in [5.74, 6) is 1.01. The first-order valence-electron chi connectivity index (χ1n) is 6.67. The van der Waals surface area contributed by atoms with Crippen LogP contribution in [0.3, 0.4) is 0 Å². The lowest BCUT2D eigenvalue weighted by Gasteiger charge is -2.02. The van der Waals surface area contributed by atoms with E-state index >= 15 is 0 Å². The van der Waals surface area contributed by atoms with Crippen molar-refractivity contribution in [2.45, 2.75) is 6.92 Å². The Morgan fingerprint density at radius 3 is 2.60 bits per heavy atom. The number of aromatic nitrogens is 2. The second kappa shape index (κ2) is 5.21. The van der Waals surface area contributed by atoms with E-state index in [0.717, 1.165) is 17.2 Å². The van der Waals surface area contributed by atoms with Crippen LogP contribution in [0.5, 0.6) is 0 Å². The lowest BCUT2D eigenvalue weighted by Crippen LogP contribution is -1.95. The fraction of sp³-hybridized carbons (Fsp3) is 0.118. The minimum atomic E-state index is 0.946. The number of hydrogen-bond donors (Lipinski definition) is 1. The van der Waals surface area contributed by atoms with E-state index in [1.165, 1.54) is 11.1 Å². The zero-order chi connectivity index (χ0) is 13.9. The van der Waals surface area contributed by atoms with E-state index in [2.05, 4.69) is 52.1 Å². The summed E-state index contributed by atoms with van der Waals surface area (Å²) in [5, 5.41) is 3.23. The Morgan fingerprint density at radius 2 is 1.85 bits per heavy atom. The Bertz CT molecular complexity index is 755. The molecule has 0 amide bonds. The maximum Gasteiger partial charge on any atom is 0.139 e. The molecule has 0 spiro atoms. The van der Waals surface area contributed by atoms with Gasteiger partial charge in [-0.15, -0.1) is 0 Å². The van der Waals surface area contributed by atoms with Gasteiger partial charge in [0.15, 0.2) is 0 Å². The van der Waals surface area contributed by atoms with Gasteiger partial charge in [0.1, 0.15) is 17.2 Å². The average molecular weight is 263 g/mol. The second-order valence-electron chi connectivity index (χ2n) is 4.77. The zero-order valence-corrected chi connectivity index (χ0v) is 11.7. The summed E-state index contributed by atoms with van der Waals surface area (Å²) in [6.07, 6.45) is 6.22. The molecular weight excluding hydrogens is 246 g/mol. The van der Waals surface area contributed by atoms with Crippen LogP contribution in [0.15, 0.2) is 48.7 Å². The number of hydrogen-bond acceptors (Lipinski definition) is 2. The molecule has 0 aliphatic carbocycles. The molecule has 0 saturated carbocycles. The van der Waals surface area contributed by atoms with Crippen molar-refractivity contribution in [3.63, 3.8) is 0 Å². The minimum Gasteiger partial charge on any atom is -0.372 e. The molecule has 0 aliphatic heterocycles. The van der Waals surface area contributed by atoms with Gasteiger partial charge in [-0.05, 0) is 30.2 Å². The summed E-state index contributed by atoms with van der Waals surface area (Å²) in [6.45, 7) is 2.08. The molecule has 0 radical (unpaired) electrons. The number of nitrogens with zero attached hydrogens (tertiary/aromatic N) is 2. The Morgan fingerprint density at radius 1 is 1.05 bits per heavy atom. The van der Waals surface area contributed by atoms with Crippen LogP contribution in [0, 0.1) is 6.92 Å². The van der Waals surface area contributed by atoms with Crippen LogP contribution in [0.4, 0.5) is 5.82 Å². The number of anilines is 1. The molecule has 0 unspecified atom stereocenters. The quantitative estimate of drug-likeness (QED) is 0.777. The smallest absolute Gasteiger partial charge is 0.139 e. The standard InChI is InChI=1S/C17H17N3/c1-13-8-11-16-19-15(17(18-2)20(16)12-13)10-9-14-6-4-3-5-7-14/h3-12,18H,1-2H3/b10-9+. The molecule has 20 heavy (non-hydrogen) atoms. The van der Waals surface area contributed by atoms with Gasteiger partial charge in [0.2, 0.25) is 0 Å². The van der Waals surface area contributed by atoms with Gasteiger partial charge in [0.25, 0.3) is 0 Å². The molecule has 1 N–H and O–H groups in total. The highest BCUT2D eigenvalue weighted by molar-refractivity contribution is 5.75. The second-order valence-corrected chi connectivity index (χ2v) is 4.77. The molecule has 0 bridgehead atoms. The summed E-state index contributed by atoms with van der Waals surface area (Å²) in [6, 6.07) is 14.4. The van der Waals surface area contributed by atoms with E-state index in [9.17, 15) is 0 Å². The van der Waals surface area contributed by atoms with E-state index in [4.69, 9.17) is 0 Å². The highest BCUT2D eigenvalue weighted by atomic mass is 15.1. The SMILES string of the molecule is CNc1c(/C=C/c2ccccc2)nc2ccc(C)cn12. The largest absolute Gasteiger partial charge is 0.372 e. The van der Waals surface area contributed by atoms with Gasteiger partial charge in [0.05, 0.1) is 0 Å². The molecule has 3 heteroatoms. The Kier molecular flexibility index (Phi) is 3.25. The molecule has 1 aromatic carbocycles. The molecule has 0 aliphatic rings. The van der Waals surface area contributed by atoms with Crippen molar-refractivity contribution >= 4 is 23.6 Å². The first kappa shape index (κ1) is 12.5. The third-order valence-corrected chi connectivity index (χ3v) is 3.26. The Labute approximate surface area is 118 Å². The van der Waals surface area contributed by atoms with Crippen molar-refractivity contribution in [1.29, 1.82) is 0 Å². The predicted molar refractivity (Wildman–Crippen MR) is 84.8 cm³/mol. The predicted octanol–water partition coefficient (Wildman–Crippen LogP) is 3.85. The van der Waals surface area contributed by atoms with Crippen LogP contribution in [0.2, 0.25) is 0 Å². The highest BCUT2D eigenvalue weighted by Gasteiger charge is 2.07. The van der Waals surface area contributed by atoms with Gasteiger partial charge in [-0.3, -0.25) is 4.40 Å². The maximum atomic E-state index is 4.65. The van der Waals surface area contributed by atoms with Crippen molar-refractivity contribution in [2.24, 2.45) is 0 Å². The summed E-state index contributed by atoms with van der Waals surface area (Å²) in [7, 11) is 1.92. The molecule has 2 heterocycles. The van der Waals surface area contributed by atoms with Gasteiger partial charge in [-0.1, -0.05) is 42.5 Å². The fourth-order valence-corrected chi connectivity index (χ4v) is 2.27. The van der Waals surface area contributed by atoms with Crippen LogP contribution in [0.25, 0.3) is 17.8 Å². The van der Waals surface area contributed by atoms with Gasteiger partial charge in [-0.25, -0.2) is 4.98 Å². The number of nitrogens with one attached hydrogen (secondary N) is 1. The van der Waals surface area contributed by atoms with Gasteiger partial charge < -0.3 is 5.32 Å². The van der Waals surface area contributed by atoms with Crippen molar-refractivity contribution in [3.8, 4) is 0 Å². The zero-order valence-electron chi connectivity index (χ0n) is 11.7. The lowest BCUT2D eigenvalue weighted by molar-refractivity contribution is 1.15. The van der Waals surface area contributed by atoms with Crippen LogP contribution in [0.1, 0.15) is 16.8 Å². The summed E-state index contributed by atoms with van der Waals surface area (Å²) < 4.78 is 2.08. The third kappa shape index (κ3) is 2.30. The fourth-order valence-electron chi connectivity index (χ4n) is 2.27. The molecule has 2 aromatic heterocycles. The molecule has 0 saturated heterocycles. The Hall–Kier alpha value is -2.55. The van der Waals surface area contributed by atoms with Gasteiger partial charge in [-0.2, -0.15) is 0 Å². The number of pyridine rings is 1. The normalized spacial score (nSPS) is 11.3. The van der Waals surface area contributed by atoms with Crippen LogP contribution >= 0.6 is 0 Å². The van der Waals surface area contributed by atoms with E-state index in [1.807, 2.05) is 37.4 Å². The monoisotopic (exact) mass is 263 g/mol. The molecule has 100 valence electrons. The van der Waals surface area contributed by atoms with Crippen LogP contribution in [-0.2, 0) is 0 Å². The molecule has 3 rings (SSSR count). The summed E-state index contributed by atoms with van der Waals surface area (Å²) in [4.78, 5) is 4.65. The van der Waals surface area contributed by atoms with Crippen LogP contribution in [-0.4, -0.2) is 16.4 Å². The van der Waals surface area contributed by atoms with E-state index < -0.39 is 0 Å². The van der Waals surface area contributed by atoms with E-state index in [0.29, 0.717) is 0 Å². The van der Waals surface area contributed by atoms with Crippen LogP contribution < -0.4 is 5.32 Å². The van der Waals surface area contributed by atoms with E-state index in [-0.39, 0.29) is 0 Å². The van der Waals surface area contributed by atoms with Gasteiger partial charge in [0, 0.05) is 13.2 Å². The lowest BCUT2D eigenvalue weighted by atomic mass is 10.2. The topological polar surface area (TPSA) is 29.3 Å². The van der Waals surface area contributed by atoms with Crippen molar-refractivity contribution < 1.29 is 0 Å². The van der Waals surface area contributed by atoms with Crippen molar-refractivity contribution in [3.05, 3.63) is 65.5 Å². The number of fused-ring (bicyclic) bond motifs is 1. The maximum absolute atomic E-state index is 4.65. The van der Waals surface area contributed by atoms with Crippen molar-refractivity contribution in [1.82, 2.24) is 9.38 Å². The molecular formula is C17H17N3. The minimum absolute atomic E-state index is 0.946. The number of aryl methyl sites for hydroxylation is 1. The molecule has 3 aromatic rings. The average Bonchev–Trinajstić information content (AvgIpc) is 2.83.